The normalized spacial score (nSPS) is 7.24. The molecule has 17 heavy (non-hydrogen) atoms. The molecule has 0 saturated heterocycles. The van der Waals surface area contributed by atoms with Gasteiger partial charge in [0.05, 0.1) is 0 Å². The Morgan fingerprint density at radius 3 is 1.76 bits per heavy atom. The van der Waals surface area contributed by atoms with E-state index in [0.717, 1.165) is 13.5 Å². The minimum atomic E-state index is 1.00. The summed E-state index contributed by atoms with van der Waals surface area (Å²) in [4.78, 5) is 0. The van der Waals surface area contributed by atoms with Gasteiger partial charge in [-0.15, -0.1) is 0 Å². The van der Waals surface area contributed by atoms with Crippen molar-refractivity contribution in [3.8, 4) is 0 Å². The largest absolute Gasteiger partial charge is 0.400 e. The Hall–Kier alpha value is -1.12. The van der Waals surface area contributed by atoms with Crippen LogP contribution in [0, 0.1) is 0 Å². The van der Waals surface area contributed by atoms with Crippen LogP contribution in [0.4, 0.5) is 0 Å². The molecule has 2 heteroatoms. The number of rotatable bonds is 2. The quantitative estimate of drug-likeness (QED) is 0.777. The van der Waals surface area contributed by atoms with E-state index in [0.29, 0.717) is 0 Å². The lowest BCUT2D eigenvalue weighted by Gasteiger charge is -1.97. The third-order valence-electron chi connectivity index (χ3n) is 1.35. The molecule has 0 unspecified atom stereocenters. The molecule has 0 aliphatic carbocycles. The topological polar surface area (TPSA) is 46.2 Å². The molecule has 0 aliphatic heterocycles. The molecule has 0 aromatic heterocycles. The van der Waals surface area contributed by atoms with Crippen molar-refractivity contribution in [1.29, 1.82) is 0 Å². The van der Waals surface area contributed by atoms with Crippen LogP contribution in [0.2, 0.25) is 0 Å². The van der Waals surface area contributed by atoms with E-state index in [-0.39, 0.29) is 0 Å². The predicted octanol–water partition coefficient (Wildman–Crippen LogP) is 3.40. The Balaban J connectivity index is -0.000000239. The monoisotopic (exact) mass is 239 g/mol. The third kappa shape index (κ3) is 20.9. The molecule has 1 aromatic carbocycles. The summed E-state index contributed by atoms with van der Waals surface area (Å²) in [5.74, 6) is 0. The molecule has 1 rings (SSSR count). The first-order valence-corrected chi connectivity index (χ1v) is 5.91. The van der Waals surface area contributed by atoms with Gasteiger partial charge in [0, 0.05) is 7.11 Å². The first-order chi connectivity index (χ1) is 8.20. The standard InChI is InChI=1S/C10H12.C3H8.CH5N.CH4O/c1-9(2)8-10-6-4-3-5-7-10;1-3-2;2*1-2/h3-7H,1,8H2,2H3;3H2,1-2H3;2H2,1H3;2H,1H3. The van der Waals surface area contributed by atoms with Crippen molar-refractivity contribution in [1.82, 2.24) is 0 Å². The molecule has 0 heterocycles. The van der Waals surface area contributed by atoms with Gasteiger partial charge < -0.3 is 10.8 Å². The lowest BCUT2D eigenvalue weighted by atomic mass is 10.1. The second kappa shape index (κ2) is 20.3. The van der Waals surface area contributed by atoms with Gasteiger partial charge in [0.15, 0.2) is 0 Å². The van der Waals surface area contributed by atoms with Gasteiger partial charge in [-0.25, -0.2) is 0 Å². The van der Waals surface area contributed by atoms with Crippen LogP contribution in [0.5, 0.6) is 0 Å². The summed E-state index contributed by atoms with van der Waals surface area (Å²) in [6.07, 6.45) is 2.25. The summed E-state index contributed by atoms with van der Waals surface area (Å²) in [5, 5.41) is 7.00. The van der Waals surface area contributed by atoms with Gasteiger partial charge in [-0.2, -0.15) is 0 Å². The molecule has 1 aromatic rings. The summed E-state index contributed by atoms with van der Waals surface area (Å²) in [6.45, 7) is 10.1. The van der Waals surface area contributed by atoms with Crippen LogP contribution in [-0.2, 0) is 6.42 Å². The first-order valence-electron chi connectivity index (χ1n) is 5.91. The maximum atomic E-state index is 7.00. The van der Waals surface area contributed by atoms with Gasteiger partial charge in [-0.1, -0.05) is 62.8 Å². The Bertz CT molecular complexity index is 232. The van der Waals surface area contributed by atoms with Gasteiger partial charge in [0.25, 0.3) is 0 Å². The van der Waals surface area contributed by atoms with Crippen LogP contribution in [0.25, 0.3) is 0 Å². The van der Waals surface area contributed by atoms with E-state index in [9.17, 15) is 0 Å². The van der Waals surface area contributed by atoms with Gasteiger partial charge in [-0.3, -0.25) is 0 Å². The molecule has 0 aliphatic rings. The number of hydrogen-bond acceptors (Lipinski definition) is 2. The molecule has 0 radical (unpaired) electrons. The number of benzene rings is 1. The van der Waals surface area contributed by atoms with Crippen LogP contribution in [0.1, 0.15) is 32.8 Å². The highest BCUT2D eigenvalue weighted by molar-refractivity contribution is 5.19. The van der Waals surface area contributed by atoms with Crippen molar-refractivity contribution >= 4 is 0 Å². The first kappa shape index (κ1) is 21.2. The van der Waals surface area contributed by atoms with Crippen LogP contribution < -0.4 is 5.73 Å². The lowest BCUT2D eigenvalue weighted by Crippen LogP contribution is -1.82. The van der Waals surface area contributed by atoms with Gasteiger partial charge in [-0.05, 0) is 26.0 Å². The number of nitrogens with two attached hydrogens (primary N) is 1. The van der Waals surface area contributed by atoms with Crippen LogP contribution in [-0.4, -0.2) is 19.3 Å². The molecule has 0 bridgehead atoms. The van der Waals surface area contributed by atoms with Crippen molar-refractivity contribution in [3.05, 3.63) is 48.0 Å². The van der Waals surface area contributed by atoms with Crippen LogP contribution >= 0.6 is 0 Å². The Morgan fingerprint density at radius 2 is 1.47 bits per heavy atom. The van der Waals surface area contributed by atoms with E-state index in [2.05, 4.69) is 50.4 Å². The van der Waals surface area contributed by atoms with Crippen molar-refractivity contribution in [2.75, 3.05) is 14.2 Å². The molecule has 0 saturated carbocycles. The Kier molecular flexibility index (Phi) is 25.3. The molecule has 0 atom stereocenters. The number of hydrogen-bond donors (Lipinski definition) is 2. The molecule has 0 fully saturated rings. The zero-order valence-corrected chi connectivity index (χ0v) is 12.0. The molecule has 100 valence electrons. The number of aliphatic hydroxyl groups excluding tert-OH is 1. The molecular weight excluding hydrogens is 210 g/mol. The van der Waals surface area contributed by atoms with Gasteiger partial charge in [0.2, 0.25) is 0 Å². The summed E-state index contributed by atoms with van der Waals surface area (Å²) < 4.78 is 0. The summed E-state index contributed by atoms with van der Waals surface area (Å²) in [6, 6.07) is 10.4. The Morgan fingerprint density at radius 1 is 1.12 bits per heavy atom. The highest BCUT2D eigenvalue weighted by Crippen LogP contribution is 2.04. The molecule has 0 spiro atoms. The fourth-order valence-corrected chi connectivity index (χ4v) is 0.944. The Labute approximate surface area is 107 Å². The SMILES string of the molecule is C=C(C)Cc1ccccc1.CCC.CN.CO. The van der Waals surface area contributed by atoms with Crippen molar-refractivity contribution < 1.29 is 5.11 Å². The fraction of sp³-hybridized carbons (Fsp3) is 0.467. The predicted molar refractivity (Wildman–Crippen MR) is 79.2 cm³/mol. The average Bonchev–Trinajstić information content (AvgIpc) is 2.36. The van der Waals surface area contributed by atoms with Gasteiger partial charge >= 0.3 is 0 Å². The van der Waals surface area contributed by atoms with Gasteiger partial charge in [0.1, 0.15) is 0 Å². The van der Waals surface area contributed by atoms with E-state index in [1.54, 1.807) is 0 Å². The summed E-state index contributed by atoms with van der Waals surface area (Å²) in [7, 11) is 2.50. The zero-order chi connectivity index (χ0) is 14.1. The van der Waals surface area contributed by atoms with E-state index >= 15 is 0 Å². The lowest BCUT2D eigenvalue weighted by molar-refractivity contribution is 0.399. The van der Waals surface area contributed by atoms with E-state index < -0.39 is 0 Å². The van der Waals surface area contributed by atoms with Crippen molar-refractivity contribution in [2.24, 2.45) is 5.73 Å². The average molecular weight is 239 g/mol. The third-order valence-corrected chi connectivity index (χ3v) is 1.35. The number of allylic oxidation sites excluding steroid dienone is 1. The minimum Gasteiger partial charge on any atom is -0.400 e. The van der Waals surface area contributed by atoms with Crippen LogP contribution in [0.15, 0.2) is 42.5 Å². The number of aliphatic hydroxyl groups is 1. The summed E-state index contributed by atoms with van der Waals surface area (Å²) >= 11 is 0. The zero-order valence-electron chi connectivity index (χ0n) is 12.0. The second-order valence-electron chi connectivity index (χ2n) is 3.33. The molecule has 2 nitrogen and oxygen atoms in total. The minimum absolute atomic E-state index is 1.00. The van der Waals surface area contributed by atoms with E-state index in [4.69, 9.17) is 5.11 Å². The summed E-state index contributed by atoms with van der Waals surface area (Å²) in [5.41, 5.74) is 7.06. The van der Waals surface area contributed by atoms with Crippen LogP contribution in [0.3, 0.4) is 0 Å². The highest BCUT2D eigenvalue weighted by Gasteiger charge is 1.88. The van der Waals surface area contributed by atoms with E-state index in [1.807, 2.05) is 13.0 Å². The fourth-order valence-electron chi connectivity index (χ4n) is 0.944. The maximum Gasteiger partial charge on any atom is 0.0319 e. The van der Waals surface area contributed by atoms with E-state index in [1.165, 1.54) is 24.6 Å². The van der Waals surface area contributed by atoms with Crippen molar-refractivity contribution in [3.63, 3.8) is 0 Å². The highest BCUT2D eigenvalue weighted by atomic mass is 16.2. The molecular formula is C15H29NO. The molecule has 3 N–H and O–H groups in total. The second-order valence-corrected chi connectivity index (χ2v) is 3.33. The molecule has 0 amide bonds. The smallest absolute Gasteiger partial charge is 0.0319 e. The maximum absolute atomic E-state index is 7.00. The van der Waals surface area contributed by atoms with Crippen molar-refractivity contribution in [2.45, 2.75) is 33.6 Å².